The van der Waals surface area contributed by atoms with E-state index < -0.39 is 7.26 Å². The van der Waals surface area contributed by atoms with Crippen LogP contribution in [-0.4, -0.2) is 32.6 Å². The Morgan fingerprint density at radius 1 is 0.682 bits per heavy atom. The molecule has 2 aromatic rings. The number of nitrogens with zero attached hydrogens (tertiary/aromatic N) is 2. The van der Waals surface area contributed by atoms with Gasteiger partial charge >= 0.3 is 0 Å². The molecule has 0 amide bonds. The van der Waals surface area contributed by atoms with Crippen LogP contribution in [-0.2, 0) is 0 Å². The van der Waals surface area contributed by atoms with Gasteiger partial charge in [-0.15, -0.1) is 0 Å². The Balaban J connectivity index is 1.86. The van der Waals surface area contributed by atoms with Crippen molar-refractivity contribution in [1.29, 1.82) is 0 Å². The molecule has 0 atom stereocenters. The van der Waals surface area contributed by atoms with E-state index in [-0.39, 0.29) is 0 Å². The van der Waals surface area contributed by atoms with Crippen molar-refractivity contribution in [1.82, 2.24) is 0 Å². The van der Waals surface area contributed by atoms with E-state index in [1.807, 2.05) is 0 Å². The first-order chi connectivity index (χ1) is 10.4. The summed E-state index contributed by atoms with van der Waals surface area (Å²) in [6.07, 6.45) is 2.41. The van der Waals surface area contributed by atoms with Gasteiger partial charge in [0.15, 0.2) is 0 Å². The predicted molar refractivity (Wildman–Crippen MR) is 101 cm³/mol. The average Bonchev–Trinajstić information content (AvgIpc) is 2.47. The molecule has 0 bridgehead atoms. The zero-order valence-electron chi connectivity index (χ0n) is 14.1. The van der Waals surface area contributed by atoms with E-state index >= 15 is 0 Å². The Bertz CT molecular complexity index is 576. The van der Waals surface area contributed by atoms with Crippen LogP contribution >= 0.6 is 7.26 Å². The fraction of sp³-hybridized carbons (Fsp3) is 0.368. The Labute approximate surface area is 135 Å². The number of hydrogen-bond acceptors (Lipinski definition) is 2. The van der Waals surface area contributed by atoms with Crippen LogP contribution in [0.4, 0.5) is 11.4 Å². The second-order valence-electron chi connectivity index (χ2n) is 7.11. The van der Waals surface area contributed by atoms with E-state index in [0.717, 1.165) is 6.67 Å². The number of rotatable bonds is 2. The lowest BCUT2D eigenvalue weighted by Gasteiger charge is -2.42. The maximum atomic E-state index is 2.54. The van der Waals surface area contributed by atoms with E-state index in [2.05, 4.69) is 85.5 Å². The van der Waals surface area contributed by atoms with Crippen molar-refractivity contribution in [3.63, 3.8) is 0 Å². The van der Waals surface area contributed by atoms with Crippen LogP contribution in [0.2, 0.25) is 0 Å². The summed E-state index contributed by atoms with van der Waals surface area (Å²) >= 11 is 0. The van der Waals surface area contributed by atoms with Crippen molar-refractivity contribution >= 4 is 18.6 Å². The average molecular weight is 313 g/mol. The summed E-state index contributed by atoms with van der Waals surface area (Å²) < 4.78 is 0. The van der Waals surface area contributed by atoms with Crippen LogP contribution in [0.5, 0.6) is 0 Å². The lowest BCUT2D eigenvalue weighted by atomic mass is 10.2. The van der Waals surface area contributed by atoms with Gasteiger partial charge in [-0.3, -0.25) is 0 Å². The van der Waals surface area contributed by atoms with Gasteiger partial charge in [0.05, 0.1) is 20.0 Å². The van der Waals surface area contributed by atoms with Crippen LogP contribution in [0, 0.1) is 13.8 Å². The third kappa shape index (κ3) is 3.44. The van der Waals surface area contributed by atoms with Crippen LogP contribution in [0.25, 0.3) is 0 Å². The first-order valence-corrected chi connectivity index (χ1v) is 10.9. The predicted octanol–water partition coefficient (Wildman–Crippen LogP) is 4.78. The number of anilines is 2. The largest absolute Gasteiger partial charge is 0.321 e. The summed E-state index contributed by atoms with van der Waals surface area (Å²) in [5.74, 6) is 0. The highest BCUT2D eigenvalue weighted by molar-refractivity contribution is 7.74. The monoisotopic (exact) mass is 313 g/mol. The van der Waals surface area contributed by atoms with E-state index in [9.17, 15) is 0 Å². The van der Waals surface area contributed by atoms with Crippen molar-refractivity contribution in [3.05, 3.63) is 59.7 Å². The van der Waals surface area contributed by atoms with Crippen molar-refractivity contribution < 1.29 is 0 Å². The molecule has 1 aliphatic heterocycles. The molecule has 116 valence electrons. The lowest BCUT2D eigenvalue weighted by Crippen LogP contribution is -2.46. The van der Waals surface area contributed by atoms with E-state index in [1.54, 1.807) is 0 Å². The van der Waals surface area contributed by atoms with Gasteiger partial charge in [0.1, 0.15) is 12.6 Å². The zero-order valence-corrected chi connectivity index (χ0v) is 15.0. The summed E-state index contributed by atoms with van der Waals surface area (Å²) in [4.78, 5) is 5.08. The Hall–Kier alpha value is -1.53. The molecular weight excluding hydrogens is 287 g/mol. The molecule has 0 aromatic heterocycles. The van der Waals surface area contributed by atoms with Gasteiger partial charge in [-0.2, -0.15) is 0 Å². The van der Waals surface area contributed by atoms with Crippen LogP contribution in [0.15, 0.2) is 48.5 Å². The topological polar surface area (TPSA) is 6.48 Å². The molecule has 0 radical (unpaired) electrons. The Morgan fingerprint density at radius 2 is 1.05 bits per heavy atom. The minimum Gasteiger partial charge on any atom is -0.321 e. The third-order valence-electron chi connectivity index (χ3n) is 4.25. The van der Waals surface area contributed by atoms with Gasteiger partial charge < -0.3 is 9.80 Å². The van der Waals surface area contributed by atoms with Gasteiger partial charge in [0.25, 0.3) is 0 Å². The van der Waals surface area contributed by atoms with Gasteiger partial charge in [0.2, 0.25) is 0 Å². The van der Waals surface area contributed by atoms with Crippen molar-refractivity contribution in [3.8, 4) is 0 Å². The van der Waals surface area contributed by atoms with Gasteiger partial charge in [-0.05, 0) is 38.1 Å². The molecule has 1 heterocycles. The normalized spacial score (nSPS) is 17.6. The first kappa shape index (κ1) is 15.4. The molecule has 3 heteroatoms. The third-order valence-corrected chi connectivity index (χ3v) is 6.46. The summed E-state index contributed by atoms with van der Waals surface area (Å²) in [6.45, 7) is 10.2. The quantitative estimate of drug-likeness (QED) is 0.736. The van der Waals surface area contributed by atoms with Gasteiger partial charge in [-0.1, -0.05) is 35.4 Å². The molecule has 0 saturated carbocycles. The van der Waals surface area contributed by atoms with Crippen LogP contribution < -0.4 is 9.80 Å². The van der Waals surface area contributed by atoms with Crippen molar-refractivity contribution in [2.45, 2.75) is 13.8 Å². The van der Waals surface area contributed by atoms with Crippen molar-refractivity contribution in [2.24, 2.45) is 0 Å². The summed E-state index contributed by atoms with van der Waals surface area (Å²) in [5, 5.41) is 0. The van der Waals surface area contributed by atoms with Crippen LogP contribution in [0.3, 0.4) is 0 Å². The molecule has 1 aliphatic rings. The highest BCUT2D eigenvalue weighted by Gasteiger charge is 2.37. The molecule has 0 N–H and O–H groups in total. The minimum absolute atomic E-state index is 0.952. The summed E-state index contributed by atoms with van der Waals surface area (Å²) in [6, 6.07) is 17.9. The second-order valence-corrected chi connectivity index (χ2v) is 11.5. The Kier molecular flexibility index (Phi) is 4.14. The fourth-order valence-corrected chi connectivity index (χ4v) is 5.55. The standard InChI is InChI=1S/C19H26N2P/c1-16-5-9-18(10-6-16)20-13-21(15-22(3,4)14-20)19-11-7-17(2)8-12-19/h5-12H,13-15H2,1-4H3/q+1. The number of aryl methyl sites for hydroxylation is 2. The molecule has 0 unspecified atom stereocenters. The SMILES string of the molecule is Cc1ccc(N2CN(c3ccc(C)cc3)C[P+](C)(C)C2)cc1. The highest BCUT2D eigenvalue weighted by atomic mass is 31.2. The highest BCUT2D eigenvalue weighted by Crippen LogP contribution is 2.55. The summed E-state index contributed by atoms with van der Waals surface area (Å²) in [5.41, 5.74) is 5.33. The molecule has 2 nitrogen and oxygen atoms in total. The molecule has 1 fully saturated rings. The lowest BCUT2D eigenvalue weighted by molar-refractivity contribution is 0.791. The van der Waals surface area contributed by atoms with E-state index in [0.29, 0.717) is 0 Å². The van der Waals surface area contributed by atoms with Gasteiger partial charge in [0, 0.05) is 18.6 Å². The van der Waals surface area contributed by atoms with E-state index in [4.69, 9.17) is 0 Å². The summed E-state index contributed by atoms with van der Waals surface area (Å²) in [7, 11) is -0.952. The molecule has 22 heavy (non-hydrogen) atoms. The smallest absolute Gasteiger partial charge is 0.133 e. The minimum atomic E-state index is -0.952. The molecule has 1 saturated heterocycles. The molecule has 3 rings (SSSR count). The Morgan fingerprint density at radius 3 is 1.41 bits per heavy atom. The number of hydrogen-bond donors (Lipinski definition) is 0. The molecule has 0 spiro atoms. The van der Waals surface area contributed by atoms with Crippen molar-refractivity contribution in [2.75, 3.05) is 42.4 Å². The molecule has 0 aliphatic carbocycles. The maximum absolute atomic E-state index is 2.54. The first-order valence-electron chi connectivity index (χ1n) is 7.88. The second kappa shape index (κ2) is 5.93. The molecule has 2 aromatic carbocycles. The van der Waals surface area contributed by atoms with E-state index in [1.165, 1.54) is 35.1 Å². The van der Waals surface area contributed by atoms with Crippen LogP contribution in [0.1, 0.15) is 11.1 Å². The number of benzene rings is 2. The molecular formula is C19H26N2P+. The maximum Gasteiger partial charge on any atom is 0.133 e. The fourth-order valence-electron chi connectivity index (χ4n) is 3.10. The zero-order chi connectivity index (χ0) is 15.7. The van der Waals surface area contributed by atoms with Gasteiger partial charge in [-0.25, -0.2) is 0 Å².